The summed E-state index contributed by atoms with van der Waals surface area (Å²) in [6.07, 6.45) is 0.648. The summed E-state index contributed by atoms with van der Waals surface area (Å²) in [6.45, 7) is 8.15. The molecular weight excluding hydrogens is 475 g/mol. The van der Waals surface area contributed by atoms with Crippen LogP contribution in [0.1, 0.15) is 51.8 Å². The molecule has 0 bridgehead atoms. The highest BCUT2D eigenvalue weighted by Gasteiger charge is 2.30. The molecule has 1 heterocycles. The molecule has 0 fully saturated rings. The summed E-state index contributed by atoms with van der Waals surface area (Å²) in [6, 6.07) is 12.7. The number of carbonyl (C=O) groups is 1. The first-order chi connectivity index (χ1) is 16.0. The Morgan fingerprint density at radius 2 is 1.71 bits per heavy atom. The highest BCUT2D eigenvalue weighted by atomic mass is 35.5. The molecule has 34 heavy (non-hydrogen) atoms. The quantitative estimate of drug-likeness (QED) is 0.341. The molecule has 0 atom stereocenters. The fraction of sp³-hybridized carbons (Fsp3) is 0.385. The molecule has 3 rings (SSSR count). The van der Waals surface area contributed by atoms with Gasteiger partial charge in [0, 0.05) is 10.9 Å². The highest BCUT2D eigenvalue weighted by molar-refractivity contribution is 6.42. The molecule has 0 saturated carbocycles. The van der Waals surface area contributed by atoms with Crippen LogP contribution >= 0.6 is 23.2 Å². The van der Waals surface area contributed by atoms with Crippen LogP contribution in [0.5, 0.6) is 5.75 Å². The minimum absolute atomic E-state index is 0.0292. The molecule has 8 heteroatoms. The van der Waals surface area contributed by atoms with Crippen LogP contribution in [0.2, 0.25) is 10.0 Å². The molecule has 1 N–H and O–H groups in total. The van der Waals surface area contributed by atoms with Crippen LogP contribution in [0.25, 0.3) is 10.8 Å². The Morgan fingerprint density at radius 1 is 1.09 bits per heavy atom. The Morgan fingerprint density at radius 3 is 2.26 bits per heavy atom. The zero-order valence-electron chi connectivity index (χ0n) is 19.9. The second-order valence-corrected chi connectivity index (χ2v) is 10.0. The van der Waals surface area contributed by atoms with Crippen LogP contribution in [0.3, 0.4) is 0 Å². The number of rotatable bonds is 8. The first-order valence-corrected chi connectivity index (χ1v) is 12.0. The molecule has 0 spiro atoms. The van der Waals surface area contributed by atoms with Gasteiger partial charge in [-0.3, -0.25) is 9.69 Å². The predicted molar refractivity (Wildman–Crippen MR) is 137 cm³/mol. The lowest BCUT2D eigenvalue weighted by Crippen LogP contribution is -2.45. The van der Waals surface area contributed by atoms with Crippen molar-refractivity contribution in [2.45, 2.75) is 59.2 Å². The lowest BCUT2D eigenvalue weighted by Gasteiger charge is -2.34. The molecule has 182 valence electrons. The maximum absolute atomic E-state index is 13.7. The van der Waals surface area contributed by atoms with E-state index in [1.165, 1.54) is 4.90 Å². The SMILES string of the molecule is CCCCOc1c(CN(C(=O)O)C(C)(C)C)n(Cc2ccccc2)c(=O)c2cc(Cl)c(Cl)cc12. The van der Waals surface area contributed by atoms with E-state index in [1.54, 1.807) is 16.7 Å². The summed E-state index contributed by atoms with van der Waals surface area (Å²) in [5.41, 5.74) is 0.400. The third-order valence-electron chi connectivity index (χ3n) is 5.64. The Balaban J connectivity index is 2.35. The van der Waals surface area contributed by atoms with Crippen molar-refractivity contribution < 1.29 is 14.6 Å². The van der Waals surface area contributed by atoms with E-state index in [0.29, 0.717) is 33.8 Å². The Bertz CT molecular complexity index is 1230. The summed E-state index contributed by atoms with van der Waals surface area (Å²) < 4.78 is 7.82. The van der Waals surface area contributed by atoms with E-state index < -0.39 is 11.6 Å². The second kappa shape index (κ2) is 10.7. The lowest BCUT2D eigenvalue weighted by atomic mass is 10.0. The third-order valence-corrected chi connectivity index (χ3v) is 6.37. The van der Waals surface area contributed by atoms with Gasteiger partial charge in [0.05, 0.1) is 40.8 Å². The first-order valence-electron chi connectivity index (χ1n) is 11.3. The summed E-state index contributed by atoms with van der Waals surface area (Å²) in [5.74, 6) is 0.452. The number of benzene rings is 2. The molecule has 1 aromatic heterocycles. The first kappa shape index (κ1) is 25.9. The molecule has 2 aromatic carbocycles. The summed E-state index contributed by atoms with van der Waals surface area (Å²) >= 11 is 12.6. The minimum Gasteiger partial charge on any atom is -0.491 e. The van der Waals surface area contributed by atoms with E-state index in [-0.39, 0.29) is 23.7 Å². The van der Waals surface area contributed by atoms with Gasteiger partial charge >= 0.3 is 6.09 Å². The molecule has 0 aliphatic heterocycles. The minimum atomic E-state index is -1.08. The van der Waals surface area contributed by atoms with Crippen molar-refractivity contribution in [3.05, 3.63) is 74.1 Å². The third kappa shape index (κ3) is 5.68. The van der Waals surface area contributed by atoms with Gasteiger partial charge in [0.25, 0.3) is 5.56 Å². The second-order valence-electron chi connectivity index (χ2n) is 9.21. The zero-order valence-corrected chi connectivity index (χ0v) is 21.4. The maximum atomic E-state index is 13.7. The highest BCUT2D eigenvalue weighted by Crippen LogP contribution is 2.35. The number of aromatic nitrogens is 1. The monoisotopic (exact) mass is 504 g/mol. The lowest BCUT2D eigenvalue weighted by molar-refractivity contribution is 0.0930. The molecule has 0 saturated heterocycles. The van der Waals surface area contributed by atoms with Gasteiger partial charge in [0.2, 0.25) is 0 Å². The van der Waals surface area contributed by atoms with E-state index >= 15 is 0 Å². The average molecular weight is 505 g/mol. The van der Waals surface area contributed by atoms with Crippen molar-refractivity contribution in [3.8, 4) is 5.75 Å². The molecule has 0 unspecified atom stereocenters. The molecule has 1 amide bonds. The van der Waals surface area contributed by atoms with Gasteiger partial charge < -0.3 is 14.4 Å². The van der Waals surface area contributed by atoms with E-state index in [1.807, 2.05) is 51.1 Å². The smallest absolute Gasteiger partial charge is 0.408 e. The van der Waals surface area contributed by atoms with E-state index in [9.17, 15) is 14.7 Å². The predicted octanol–water partition coefficient (Wildman–Crippen LogP) is 6.81. The largest absolute Gasteiger partial charge is 0.491 e. The van der Waals surface area contributed by atoms with Crippen molar-refractivity contribution >= 4 is 40.1 Å². The van der Waals surface area contributed by atoms with Crippen LogP contribution in [-0.2, 0) is 13.1 Å². The number of halogens is 2. The van der Waals surface area contributed by atoms with Crippen LogP contribution < -0.4 is 10.3 Å². The molecular formula is C26H30Cl2N2O4. The van der Waals surface area contributed by atoms with Gasteiger partial charge in [-0.1, -0.05) is 66.9 Å². The Hall–Kier alpha value is -2.70. The number of nitrogens with zero attached hydrogens (tertiary/aromatic N) is 2. The topological polar surface area (TPSA) is 71.8 Å². The van der Waals surface area contributed by atoms with E-state index in [4.69, 9.17) is 27.9 Å². The number of amides is 1. The Kier molecular flexibility index (Phi) is 8.16. The molecule has 0 radical (unpaired) electrons. The van der Waals surface area contributed by atoms with Gasteiger partial charge in [0.1, 0.15) is 5.75 Å². The summed E-state index contributed by atoms with van der Waals surface area (Å²) in [4.78, 5) is 27.2. The fourth-order valence-corrected chi connectivity index (χ4v) is 4.10. The maximum Gasteiger partial charge on any atom is 0.408 e. The average Bonchev–Trinajstić information content (AvgIpc) is 2.77. The number of pyridine rings is 1. The number of hydrogen-bond donors (Lipinski definition) is 1. The van der Waals surface area contributed by atoms with E-state index in [2.05, 4.69) is 6.92 Å². The number of hydrogen-bond acceptors (Lipinski definition) is 3. The molecule has 6 nitrogen and oxygen atoms in total. The summed E-state index contributed by atoms with van der Waals surface area (Å²) in [7, 11) is 0. The van der Waals surface area contributed by atoms with Gasteiger partial charge in [-0.25, -0.2) is 4.79 Å². The number of unbranched alkanes of at least 4 members (excludes halogenated alkanes) is 1. The van der Waals surface area contributed by atoms with Crippen LogP contribution in [0, 0.1) is 0 Å². The standard InChI is InChI=1S/C26H30Cl2N2O4/c1-5-6-12-34-23-18-13-20(27)21(28)14-19(18)24(31)29(15-17-10-8-7-9-11-17)22(23)16-30(25(32)33)26(2,3)4/h7-11,13-14H,5-6,12,15-16H2,1-4H3,(H,32,33). The van der Waals surface area contributed by atoms with Crippen LogP contribution in [0.15, 0.2) is 47.3 Å². The van der Waals surface area contributed by atoms with Gasteiger partial charge in [-0.2, -0.15) is 0 Å². The van der Waals surface area contributed by atoms with Gasteiger partial charge in [0.15, 0.2) is 0 Å². The number of ether oxygens (including phenoxy) is 1. The Labute approximate surface area is 209 Å². The zero-order chi connectivity index (χ0) is 25.0. The van der Waals surface area contributed by atoms with Crippen molar-refractivity contribution in [1.29, 1.82) is 0 Å². The van der Waals surface area contributed by atoms with Crippen molar-refractivity contribution in [2.75, 3.05) is 6.61 Å². The normalized spacial score (nSPS) is 11.6. The molecule has 0 aliphatic rings. The van der Waals surface area contributed by atoms with Crippen LogP contribution in [0.4, 0.5) is 4.79 Å². The summed E-state index contributed by atoms with van der Waals surface area (Å²) in [5, 5.41) is 11.4. The van der Waals surface area contributed by atoms with Gasteiger partial charge in [-0.05, 0) is 44.9 Å². The van der Waals surface area contributed by atoms with Crippen molar-refractivity contribution in [2.24, 2.45) is 0 Å². The number of carboxylic acid groups (broad SMARTS) is 1. The van der Waals surface area contributed by atoms with Crippen LogP contribution in [-0.4, -0.2) is 32.8 Å². The van der Waals surface area contributed by atoms with E-state index in [0.717, 1.165) is 18.4 Å². The number of fused-ring (bicyclic) bond motifs is 1. The van der Waals surface area contributed by atoms with Crippen molar-refractivity contribution in [3.63, 3.8) is 0 Å². The van der Waals surface area contributed by atoms with Gasteiger partial charge in [-0.15, -0.1) is 0 Å². The molecule has 0 aliphatic carbocycles. The van der Waals surface area contributed by atoms with Crippen molar-refractivity contribution in [1.82, 2.24) is 9.47 Å². The molecule has 3 aromatic rings. The fourth-order valence-electron chi connectivity index (χ4n) is 3.77.